The van der Waals surface area contributed by atoms with Gasteiger partial charge in [0, 0.05) is 26.2 Å². The van der Waals surface area contributed by atoms with Crippen molar-refractivity contribution in [1.82, 2.24) is 9.80 Å². The van der Waals surface area contributed by atoms with Crippen LogP contribution in [0.4, 0.5) is 4.79 Å². The normalized spacial score (nSPS) is 14.6. The van der Waals surface area contributed by atoms with Crippen molar-refractivity contribution in [3.63, 3.8) is 0 Å². The molecule has 0 bridgehead atoms. The van der Waals surface area contributed by atoms with Gasteiger partial charge in [-0.3, -0.25) is 9.69 Å². The first-order chi connectivity index (χ1) is 10.5. The van der Waals surface area contributed by atoms with E-state index in [1.165, 1.54) is 31.2 Å². The van der Waals surface area contributed by atoms with Gasteiger partial charge in [0.25, 0.3) is 5.91 Å². The molecule has 120 valence electrons. The number of phenolic OH excluding ortho intramolecular Hbond substituents is 1. The molecule has 0 radical (unpaired) electrons. The van der Waals surface area contributed by atoms with E-state index in [4.69, 9.17) is 21.1 Å². The van der Waals surface area contributed by atoms with Gasteiger partial charge < -0.3 is 19.5 Å². The van der Waals surface area contributed by atoms with Crippen LogP contribution in [0.3, 0.4) is 0 Å². The number of aromatic hydroxyl groups is 1. The fourth-order valence-electron chi connectivity index (χ4n) is 2.11. The topological polar surface area (TPSA) is 79.3 Å². The predicted octanol–water partition coefficient (Wildman–Crippen LogP) is 1.58. The molecule has 1 aliphatic heterocycles. The van der Waals surface area contributed by atoms with Crippen LogP contribution in [0.5, 0.6) is 11.5 Å². The first kappa shape index (κ1) is 16.4. The number of urea groups is 1. The second-order valence-corrected chi connectivity index (χ2v) is 5.16. The van der Waals surface area contributed by atoms with Crippen molar-refractivity contribution in [3.05, 3.63) is 22.7 Å². The molecule has 0 aromatic heterocycles. The van der Waals surface area contributed by atoms with Crippen LogP contribution in [-0.2, 0) is 4.74 Å². The van der Waals surface area contributed by atoms with Crippen LogP contribution in [0.15, 0.2) is 12.1 Å². The van der Waals surface area contributed by atoms with Crippen molar-refractivity contribution >= 4 is 23.5 Å². The van der Waals surface area contributed by atoms with Gasteiger partial charge in [-0.15, -0.1) is 0 Å². The molecule has 8 heteroatoms. The van der Waals surface area contributed by atoms with E-state index in [1.807, 2.05) is 0 Å². The molecule has 2 rings (SSSR count). The zero-order chi connectivity index (χ0) is 16.3. The maximum absolute atomic E-state index is 12.4. The molecule has 0 atom stereocenters. The second-order valence-electron chi connectivity index (χ2n) is 4.75. The fraction of sp³-hybridized carbons (Fsp3) is 0.429. The number of nitrogens with zero attached hydrogens (tertiary/aromatic N) is 2. The number of hydrogen-bond acceptors (Lipinski definition) is 5. The largest absolute Gasteiger partial charge is 0.504 e. The van der Waals surface area contributed by atoms with Crippen molar-refractivity contribution in [2.75, 3.05) is 40.5 Å². The third kappa shape index (κ3) is 3.26. The molecule has 1 aliphatic rings. The maximum atomic E-state index is 12.4. The summed E-state index contributed by atoms with van der Waals surface area (Å²) >= 11 is 6.03. The van der Waals surface area contributed by atoms with E-state index in [9.17, 15) is 14.7 Å². The summed E-state index contributed by atoms with van der Waals surface area (Å²) in [7, 11) is 2.75. The summed E-state index contributed by atoms with van der Waals surface area (Å²) in [5.41, 5.74) is 0.0316. The predicted molar refractivity (Wildman–Crippen MR) is 79.6 cm³/mol. The number of hydrogen-bond donors (Lipinski definition) is 1. The van der Waals surface area contributed by atoms with Crippen LogP contribution in [0.25, 0.3) is 0 Å². The number of methoxy groups -OCH3 is 1. The first-order valence-electron chi connectivity index (χ1n) is 6.67. The number of rotatable bonds is 2. The average Bonchev–Trinajstić information content (AvgIpc) is 2.55. The third-order valence-electron chi connectivity index (χ3n) is 3.37. The summed E-state index contributed by atoms with van der Waals surface area (Å²) < 4.78 is 10.1. The lowest BCUT2D eigenvalue weighted by molar-refractivity contribution is 0.0429. The van der Waals surface area contributed by atoms with Crippen molar-refractivity contribution < 1.29 is 24.2 Å². The number of carbonyl (C=O) groups excluding carboxylic acids is 2. The fourth-order valence-corrected chi connectivity index (χ4v) is 2.34. The van der Waals surface area contributed by atoms with Crippen molar-refractivity contribution in [2.45, 2.75) is 0 Å². The summed E-state index contributed by atoms with van der Waals surface area (Å²) in [5, 5.41) is 9.87. The Balaban J connectivity index is 2.19. The number of benzene rings is 1. The summed E-state index contributed by atoms with van der Waals surface area (Å²) in [6, 6.07) is 2.09. The van der Waals surface area contributed by atoms with Gasteiger partial charge in [-0.1, -0.05) is 11.6 Å². The highest BCUT2D eigenvalue weighted by molar-refractivity contribution is 6.34. The number of ether oxygens (including phenoxy) is 2. The lowest BCUT2D eigenvalue weighted by atomic mass is 10.1. The van der Waals surface area contributed by atoms with Crippen molar-refractivity contribution in [2.24, 2.45) is 0 Å². The van der Waals surface area contributed by atoms with E-state index >= 15 is 0 Å². The molecule has 1 heterocycles. The zero-order valence-electron chi connectivity index (χ0n) is 12.3. The van der Waals surface area contributed by atoms with E-state index in [0.717, 1.165) is 4.90 Å². The van der Waals surface area contributed by atoms with Gasteiger partial charge in [0.1, 0.15) is 0 Å². The summed E-state index contributed by atoms with van der Waals surface area (Å²) in [4.78, 5) is 27.2. The van der Waals surface area contributed by atoms with Crippen LogP contribution >= 0.6 is 11.6 Å². The quantitative estimate of drug-likeness (QED) is 0.891. The number of phenols is 1. The number of amides is 3. The Morgan fingerprint density at radius 1 is 1.36 bits per heavy atom. The molecule has 1 aromatic rings. The van der Waals surface area contributed by atoms with Crippen LogP contribution < -0.4 is 4.74 Å². The second kappa shape index (κ2) is 6.85. The van der Waals surface area contributed by atoms with E-state index in [2.05, 4.69) is 0 Å². The average molecular weight is 329 g/mol. The highest BCUT2D eigenvalue weighted by Crippen LogP contribution is 2.32. The van der Waals surface area contributed by atoms with Gasteiger partial charge in [-0.05, 0) is 6.07 Å². The smallest absolute Gasteiger partial charge is 0.326 e. The molecule has 1 aromatic carbocycles. The number of carbonyl (C=O) groups is 2. The molecule has 0 unspecified atom stereocenters. The van der Waals surface area contributed by atoms with Crippen LogP contribution in [0.1, 0.15) is 10.4 Å². The Hall–Kier alpha value is -1.99. The molecular formula is C14H17ClN2O5. The molecule has 1 fully saturated rings. The molecule has 7 nitrogen and oxygen atoms in total. The van der Waals surface area contributed by atoms with Crippen LogP contribution in [-0.4, -0.2) is 67.3 Å². The van der Waals surface area contributed by atoms with Gasteiger partial charge in [0.05, 0.1) is 30.9 Å². The molecule has 1 N–H and O–H groups in total. The first-order valence-corrected chi connectivity index (χ1v) is 7.04. The van der Waals surface area contributed by atoms with Crippen molar-refractivity contribution in [1.29, 1.82) is 0 Å². The number of imide groups is 1. The minimum Gasteiger partial charge on any atom is -0.504 e. The Bertz CT molecular complexity index is 587. The minimum absolute atomic E-state index is 0.0316. The summed E-state index contributed by atoms with van der Waals surface area (Å²) in [5.74, 6) is -0.661. The van der Waals surface area contributed by atoms with Gasteiger partial charge in [-0.25, -0.2) is 4.79 Å². The lowest BCUT2D eigenvalue weighted by Gasteiger charge is -2.30. The molecule has 0 aliphatic carbocycles. The Labute approximate surface area is 133 Å². The molecule has 3 amide bonds. The number of halogens is 1. The van der Waals surface area contributed by atoms with Gasteiger partial charge in [0.15, 0.2) is 11.5 Å². The Kier molecular flexibility index (Phi) is 5.10. The maximum Gasteiger partial charge on any atom is 0.326 e. The zero-order valence-corrected chi connectivity index (χ0v) is 13.1. The molecular weight excluding hydrogens is 312 g/mol. The van der Waals surface area contributed by atoms with Crippen molar-refractivity contribution in [3.8, 4) is 11.5 Å². The van der Waals surface area contributed by atoms with Gasteiger partial charge in [0.2, 0.25) is 0 Å². The van der Waals surface area contributed by atoms with E-state index in [-0.39, 0.29) is 22.1 Å². The molecule has 1 saturated heterocycles. The summed E-state index contributed by atoms with van der Waals surface area (Å²) in [6.45, 7) is 1.74. The lowest BCUT2D eigenvalue weighted by Crippen LogP contribution is -2.48. The molecule has 0 saturated carbocycles. The third-order valence-corrected chi connectivity index (χ3v) is 3.68. The van der Waals surface area contributed by atoms with Crippen LogP contribution in [0.2, 0.25) is 5.02 Å². The van der Waals surface area contributed by atoms with E-state index < -0.39 is 11.9 Å². The number of morpholine rings is 1. The monoisotopic (exact) mass is 328 g/mol. The standard InChI is InChI=1S/C14H17ClN2O5/c1-16(14(20)17-3-5-22-6-4-17)13(19)9-7-11(18)12(21-2)8-10(9)15/h7-8,18H,3-6H2,1-2H3. The minimum atomic E-state index is -0.598. The van der Waals surface area contributed by atoms with E-state index in [0.29, 0.717) is 26.3 Å². The molecule has 0 spiro atoms. The van der Waals surface area contributed by atoms with Gasteiger partial charge in [-0.2, -0.15) is 0 Å². The highest BCUT2D eigenvalue weighted by Gasteiger charge is 2.27. The highest BCUT2D eigenvalue weighted by atomic mass is 35.5. The Morgan fingerprint density at radius 2 is 2.00 bits per heavy atom. The summed E-state index contributed by atoms with van der Waals surface area (Å²) in [6.07, 6.45) is 0. The van der Waals surface area contributed by atoms with Crippen LogP contribution in [0, 0.1) is 0 Å². The Morgan fingerprint density at radius 3 is 2.59 bits per heavy atom. The van der Waals surface area contributed by atoms with E-state index in [1.54, 1.807) is 0 Å². The van der Waals surface area contributed by atoms with Gasteiger partial charge >= 0.3 is 6.03 Å². The molecule has 22 heavy (non-hydrogen) atoms. The SMILES string of the molecule is COc1cc(Cl)c(C(=O)N(C)C(=O)N2CCOCC2)cc1O.